The van der Waals surface area contributed by atoms with Crippen molar-refractivity contribution in [3.8, 4) is 5.75 Å². The fraction of sp³-hybridized carbons (Fsp3) is 0.333. The van der Waals surface area contributed by atoms with Gasteiger partial charge in [0.15, 0.2) is 0 Å². The molecular weight excluding hydrogens is 262 g/mol. The van der Waals surface area contributed by atoms with Gasteiger partial charge in [-0.05, 0) is 43.2 Å². The molecule has 112 valence electrons. The van der Waals surface area contributed by atoms with Crippen LogP contribution in [0.15, 0.2) is 42.5 Å². The van der Waals surface area contributed by atoms with Crippen molar-refractivity contribution in [2.45, 2.75) is 27.0 Å². The molecule has 0 bridgehead atoms. The summed E-state index contributed by atoms with van der Waals surface area (Å²) in [6.45, 7) is 6.00. The maximum atomic E-state index is 9.32. The Kier molecular flexibility index (Phi) is 5.23. The third-order valence-corrected chi connectivity index (χ3v) is 3.73. The van der Waals surface area contributed by atoms with Gasteiger partial charge in [0, 0.05) is 24.3 Å². The van der Waals surface area contributed by atoms with Crippen molar-refractivity contribution in [1.29, 1.82) is 0 Å². The average Bonchev–Trinajstić information content (AvgIpc) is 2.53. The van der Waals surface area contributed by atoms with Gasteiger partial charge in [0.25, 0.3) is 0 Å². The van der Waals surface area contributed by atoms with Gasteiger partial charge in [0.05, 0.1) is 13.7 Å². The van der Waals surface area contributed by atoms with Crippen LogP contribution in [0, 0.1) is 6.92 Å². The van der Waals surface area contributed by atoms with Gasteiger partial charge in [-0.15, -0.1) is 0 Å². The van der Waals surface area contributed by atoms with E-state index in [9.17, 15) is 5.11 Å². The predicted octanol–water partition coefficient (Wildman–Crippen LogP) is 3.52. The normalized spacial score (nSPS) is 10.5. The van der Waals surface area contributed by atoms with Gasteiger partial charge >= 0.3 is 0 Å². The summed E-state index contributed by atoms with van der Waals surface area (Å²) in [5.74, 6) is 0.860. The molecule has 2 aromatic carbocycles. The molecule has 0 radical (unpaired) electrons. The van der Waals surface area contributed by atoms with Crippen molar-refractivity contribution >= 4 is 5.69 Å². The molecule has 21 heavy (non-hydrogen) atoms. The highest BCUT2D eigenvalue weighted by Gasteiger charge is 2.11. The molecule has 0 saturated heterocycles. The number of hydrogen-bond donors (Lipinski definition) is 1. The number of aliphatic hydroxyl groups is 1. The van der Waals surface area contributed by atoms with Crippen LogP contribution in [-0.2, 0) is 13.2 Å². The second kappa shape index (κ2) is 7.14. The zero-order valence-electron chi connectivity index (χ0n) is 13.0. The summed E-state index contributed by atoms with van der Waals surface area (Å²) in [5.41, 5.74) is 4.49. The lowest BCUT2D eigenvalue weighted by atomic mass is 10.1. The molecule has 0 aliphatic heterocycles. The van der Waals surface area contributed by atoms with Crippen molar-refractivity contribution in [3.05, 3.63) is 59.2 Å². The molecule has 0 aliphatic carbocycles. The van der Waals surface area contributed by atoms with Crippen LogP contribution in [0.3, 0.4) is 0 Å². The standard InChI is InChI=1S/C18H23NO2/c1-4-19(17-8-6-5-7-14(17)2)12-16-11-15(13-20)9-10-18(16)21-3/h5-11,20H,4,12-13H2,1-3H3. The molecule has 3 heteroatoms. The van der Waals surface area contributed by atoms with Crippen LogP contribution in [0.1, 0.15) is 23.6 Å². The fourth-order valence-corrected chi connectivity index (χ4v) is 2.55. The Balaban J connectivity index is 2.32. The van der Waals surface area contributed by atoms with Gasteiger partial charge < -0.3 is 14.7 Å². The molecule has 0 atom stereocenters. The first-order valence-electron chi connectivity index (χ1n) is 7.26. The first-order chi connectivity index (χ1) is 10.2. The number of nitrogens with zero attached hydrogens (tertiary/aromatic N) is 1. The third kappa shape index (κ3) is 3.56. The highest BCUT2D eigenvalue weighted by atomic mass is 16.5. The number of hydrogen-bond acceptors (Lipinski definition) is 3. The number of ether oxygens (including phenoxy) is 1. The topological polar surface area (TPSA) is 32.7 Å². The Bertz CT molecular complexity index is 596. The highest BCUT2D eigenvalue weighted by molar-refractivity contribution is 5.54. The second-order valence-electron chi connectivity index (χ2n) is 5.10. The summed E-state index contributed by atoms with van der Waals surface area (Å²) in [6, 6.07) is 14.2. The van der Waals surface area contributed by atoms with Crippen molar-refractivity contribution in [2.75, 3.05) is 18.6 Å². The van der Waals surface area contributed by atoms with E-state index in [2.05, 4.69) is 43.0 Å². The molecule has 0 aliphatic rings. The number of methoxy groups -OCH3 is 1. The summed E-state index contributed by atoms with van der Waals surface area (Å²) in [4.78, 5) is 2.31. The highest BCUT2D eigenvalue weighted by Crippen LogP contribution is 2.26. The van der Waals surface area contributed by atoms with Gasteiger partial charge in [0.2, 0.25) is 0 Å². The van der Waals surface area contributed by atoms with Crippen LogP contribution in [0.5, 0.6) is 5.75 Å². The van der Waals surface area contributed by atoms with E-state index in [0.717, 1.165) is 30.0 Å². The van der Waals surface area contributed by atoms with E-state index in [1.807, 2.05) is 18.2 Å². The van der Waals surface area contributed by atoms with Crippen LogP contribution in [0.25, 0.3) is 0 Å². The van der Waals surface area contributed by atoms with Crippen LogP contribution in [0.4, 0.5) is 5.69 Å². The van der Waals surface area contributed by atoms with Crippen LogP contribution in [-0.4, -0.2) is 18.8 Å². The minimum Gasteiger partial charge on any atom is -0.496 e. The zero-order valence-corrected chi connectivity index (χ0v) is 13.0. The lowest BCUT2D eigenvalue weighted by molar-refractivity contribution is 0.281. The molecule has 1 N–H and O–H groups in total. The first kappa shape index (κ1) is 15.4. The summed E-state index contributed by atoms with van der Waals surface area (Å²) >= 11 is 0. The fourth-order valence-electron chi connectivity index (χ4n) is 2.55. The van der Waals surface area contributed by atoms with E-state index in [4.69, 9.17) is 4.74 Å². The lowest BCUT2D eigenvalue weighted by Crippen LogP contribution is -2.23. The van der Waals surface area contributed by atoms with E-state index < -0.39 is 0 Å². The van der Waals surface area contributed by atoms with Gasteiger partial charge in [-0.2, -0.15) is 0 Å². The molecule has 0 spiro atoms. The number of para-hydroxylation sites is 1. The molecule has 3 nitrogen and oxygen atoms in total. The largest absolute Gasteiger partial charge is 0.496 e. The van der Waals surface area contributed by atoms with Gasteiger partial charge in [-0.1, -0.05) is 24.3 Å². The monoisotopic (exact) mass is 285 g/mol. The Morgan fingerprint density at radius 2 is 1.90 bits per heavy atom. The first-order valence-corrected chi connectivity index (χ1v) is 7.26. The molecule has 0 heterocycles. The minimum atomic E-state index is 0.0491. The Labute approximate surface area is 126 Å². The number of aliphatic hydroxyl groups excluding tert-OH is 1. The van der Waals surface area contributed by atoms with E-state index >= 15 is 0 Å². The Morgan fingerprint density at radius 1 is 1.14 bits per heavy atom. The van der Waals surface area contributed by atoms with Crippen LogP contribution >= 0.6 is 0 Å². The number of rotatable bonds is 6. The summed E-state index contributed by atoms with van der Waals surface area (Å²) in [7, 11) is 1.68. The SMILES string of the molecule is CCN(Cc1cc(CO)ccc1OC)c1ccccc1C. The lowest BCUT2D eigenvalue weighted by Gasteiger charge is -2.26. The van der Waals surface area contributed by atoms with Gasteiger partial charge in [-0.3, -0.25) is 0 Å². The van der Waals surface area contributed by atoms with Crippen LogP contribution in [0.2, 0.25) is 0 Å². The molecule has 0 fully saturated rings. The Morgan fingerprint density at radius 3 is 2.52 bits per heavy atom. The Hall–Kier alpha value is -2.00. The van der Waals surface area contributed by atoms with E-state index in [1.165, 1.54) is 11.3 Å². The quantitative estimate of drug-likeness (QED) is 0.881. The molecule has 2 rings (SSSR count). The van der Waals surface area contributed by atoms with E-state index in [0.29, 0.717) is 0 Å². The molecule has 0 saturated carbocycles. The third-order valence-electron chi connectivity index (χ3n) is 3.73. The molecular formula is C18H23NO2. The molecule has 0 unspecified atom stereocenters. The molecule has 0 amide bonds. The predicted molar refractivity (Wildman–Crippen MR) is 86.8 cm³/mol. The number of aryl methyl sites for hydroxylation is 1. The number of anilines is 1. The summed E-state index contributed by atoms with van der Waals surface area (Å²) in [5, 5.41) is 9.32. The molecule has 2 aromatic rings. The maximum Gasteiger partial charge on any atom is 0.123 e. The minimum absolute atomic E-state index is 0.0491. The van der Waals surface area contributed by atoms with E-state index in [1.54, 1.807) is 7.11 Å². The summed E-state index contributed by atoms with van der Waals surface area (Å²) in [6.07, 6.45) is 0. The second-order valence-corrected chi connectivity index (χ2v) is 5.10. The maximum absolute atomic E-state index is 9.32. The smallest absolute Gasteiger partial charge is 0.123 e. The van der Waals surface area contributed by atoms with Crippen molar-refractivity contribution in [2.24, 2.45) is 0 Å². The van der Waals surface area contributed by atoms with Crippen LogP contribution < -0.4 is 9.64 Å². The molecule has 0 aromatic heterocycles. The van der Waals surface area contributed by atoms with Crippen molar-refractivity contribution in [1.82, 2.24) is 0 Å². The zero-order chi connectivity index (χ0) is 15.2. The van der Waals surface area contributed by atoms with Crippen molar-refractivity contribution in [3.63, 3.8) is 0 Å². The summed E-state index contributed by atoms with van der Waals surface area (Å²) < 4.78 is 5.45. The van der Waals surface area contributed by atoms with Gasteiger partial charge in [-0.25, -0.2) is 0 Å². The van der Waals surface area contributed by atoms with E-state index in [-0.39, 0.29) is 6.61 Å². The number of benzene rings is 2. The van der Waals surface area contributed by atoms with Gasteiger partial charge in [0.1, 0.15) is 5.75 Å². The van der Waals surface area contributed by atoms with Crippen molar-refractivity contribution < 1.29 is 9.84 Å². The average molecular weight is 285 g/mol.